The Bertz CT molecular complexity index is 1800. The van der Waals surface area contributed by atoms with Crippen molar-refractivity contribution < 1.29 is 33.4 Å². The first-order valence-corrected chi connectivity index (χ1v) is 19.6. The third-order valence-corrected chi connectivity index (χ3v) is 11.5. The van der Waals surface area contributed by atoms with Gasteiger partial charge in [-0.05, 0) is 54.6 Å². The van der Waals surface area contributed by atoms with Gasteiger partial charge in [0.1, 0.15) is 22.7 Å². The number of epoxide rings is 1. The summed E-state index contributed by atoms with van der Waals surface area (Å²) < 4.78 is 10.9. The van der Waals surface area contributed by atoms with Crippen LogP contribution in [-0.2, 0) is 46.3 Å². The zero-order valence-electron chi connectivity index (χ0n) is 32.6. The van der Waals surface area contributed by atoms with Crippen LogP contribution in [0.5, 0.6) is 0 Å². The smallest absolute Gasteiger partial charge is 0.256 e. The predicted octanol–water partition coefficient (Wildman–Crippen LogP) is 2.20. The molecule has 0 bridgehead atoms. The summed E-state index contributed by atoms with van der Waals surface area (Å²) in [5.74, 6) is 3.81. The number of Topliss-reactive ketones (excluding diaryl/α,β-unsaturated/α-hetero) is 1. The summed E-state index contributed by atoms with van der Waals surface area (Å²) in [5.41, 5.74) is -1.56. The normalized spacial score (nSPS) is 27.8. The van der Waals surface area contributed by atoms with Crippen molar-refractivity contribution >= 4 is 29.4 Å². The number of nitrogens with zero attached hydrogens (tertiary/aromatic N) is 1. The van der Waals surface area contributed by atoms with Gasteiger partial charge in [-0.15, -0.1) is 0 Å². The maximum atomic E-state index is 14.5. The van der Waals surface area contributed by atoms with E-state index in [-0.39, 0.29) is 48.3 Å². The van der Waals surface area contributed by atoms with E-state index in [4.69, 9.17) is 9.47 Å². The Labute approximate surface area is 324 Å². The van der Waals surface area contributed by atoms with E-state index in [0.29, 0.717) is 52.2 Å². The van der Waals surface area contributed by atoms with Crippen LogP contribution < -0.4 is 21.3 Å². The first-order chi connectivity index (χ1) is 26.3. The number of hydrogen-bond acceptors (Lipinski definition) is 8. The average molecular weight is 754 g/mol. The van der Waals surface area contributed by atoms with Crippen molar-refractivity contribution in [2.75, 3.05) is 39.5 Å². The van der Waals surface area contributed by atoms with Crippen LogP contribution in [0, 0.1) is 35.5 Å². The van der Waals surface area contributed by atoms with Crippen LogP contribution in [0.3, 0.4) is 0 Å². The summed E-state index contributed by atoms with van der Waals surface area (Å²) in [6.45, 7) is 12.4. The Morgan fingerprint density at radius 3 is 1.93 bits per heavy atom. The minimum Gasteiger partial charge on any atom is -0.379 e. The lowest BCUT2D eigenvalue weighted by atomic mass is 9.92. The Morgan fingerprint density at radius 2 is 1.36 bits per heavy atom. The van der Waals surface area contributed by atoms with Crippen molar-refractivity contribution in [3.63, 3.8) is 0 Å². The Hall–Kier alpha value is -4.57. The van der Waals surface area contributed by atoms with Crippen molar-refractivity contribution in [1.29, 1.82) is 0 Å². The van der Waals surface area contributed by atoms with Crippen molar-refractivity contribution in [3.8, 4) is 11.8 Å². The lowest BCUT2D eigenvalue weighted by Gasteiger charge is -2.28. The van der Waals surface area contributed by atoms with Crippen LogP contribution in [0.4, 0.5) is 0 Å². The molecule has 12 heteroatoms. The number of hydrogen-bond donors (Lipinski definition) is 4. The first kappa shape index (κ1) is 40.1. The van der Waals surface area contributed by atoms with Gasteiger partial charge in [0, 0.05) is 25.9 Å². The van der Waals surface area contributed by atoms with Crippen LogP contribution in [0.15, 0.2) is 60.7 Å². The van der Waals surface area contributed by atoms with Gasteiger partial charge in [-0.3, -0.25) is 28.9 Å². The fraction of sp³-hybridized carbons (Fsp3) is 0.558. The van der Waals surface area contributed by atoms with Gasteiger partial charge in [0.25, 0.3) is 5.91 Å². The van der Waals surface area contributed by atoms with E-state index in [1.54, 1.807) is 6.92 Å². The lowest BCUT2D eigenvalue weighted by molar-refractivity contribution is -0.136. The van der Waals surface area contributed by atoms with Gasteiger partial charge in [-0.2, -0.15) is 0 Å². The van der Waals surface area contributed by atoms with Gasteiger partial charge in [0.2, 0.25) is 17.7 Å². The Morgan fingerprint density at radius 1 is 0.800 bits per heavy atom. The van der Waals surface area contributed by atoms with Crippen molar-refractivity contribution in [3.05, 3.63) is 71.8 Å². The second-order valence-corrected chi connectivity index (χ2v) is 16.5. The molecule has 2 aromatic rings. The minimum absolute atomic E-state index is 0.0180. The number of carbonyl (C=O) groups is 5. The highest BCUT2D eigenvalue weighted by atomic mass is 16.6. The summed E-state index contributed by atoms with van der Waals surface area (Å²) in [7, 11) is 0. The number of carbonyl (C=O) groups excluding carboxylic acids is 5. The van der Waals surface area contributed by atoms with E-state index < -0.39 is 46.5 Å². The molecule has 3 unspecified atom stereocenters. The molecule has 0 radical (unpaired) electrons. The molecule has 2 aliphatic carbocycles. The first-order valence-electron chi connectivity index (χ1n) is 19.6. The Balaban J connectivity index is 1.22. The van der Waals surface area contributed by atoms with E-state index in [1.807, 2.05) is 93.3 Å². The number of ketones is 1. The third kappa shape index (κ3) is 9.46. The van der Waals surface area contributed by atoms with Gasteiger partial charge in [0.05, 0.1) is 26.4 Å². The van der Waals surface area contributed by atoms with E-state index in [2.05, 4.69) is 33.1 Å². The van der Waals surface area contributed by atoms with E-state index in [0.717, 1.165) is 11.1 Å². The predicted molar refractivity (Wildman–Crippen MR) is 206 cm³/mol. The number of ether oxygens (including phenoxy) is 2. The molecule has 7 atom stereocenters. The molecular formula is C43H55N5O7. The van der Waals surface area contributed by atoms with Gasteiger partial charge < -0.3 is 30.7 Å². The van der Waals surface area contributed by atoms with Gasteiger partial charge in [0.15, 0.2) is 11.8 Å². The topological polar surface area (TPSA) is 158 Å². The molecule has 2 aliphatic heterocycles. The summed E-state index contributed by atoms with van der Waals surface area (Å²) >= 11 is 0. The molecule has 294 valence electrons. The van der Waals surface area contributed by atoms with Crippen LogP contribution >= 0.6 is 0 Å². The maximum Gasteiger partial charge on any atom is 0.256 e. The minimum atomic E-state index is -1.34. The molecule has 4 fully saturated rings. The molecular weight excluding hydrogens is 699 g/mol. The van der Waals surface area contributed by atoms with Crippen LogP contribution in [0.25, 0.3) is 0 Å². The second kappa shape index (κ2) is 16.7. The van der Waals surface area contributed by atoms with E-state index >= 15 is 0 Å². The summed E-state index contributed by atoms with van der Waals surface area (Å²) in [5, 5.41) is 11.9. The highest BCUT2D eigenvalue weighted by Gasteiger charge is 2.69. The molecule has 2 saturated heterocycles. The average Bonchev–Trinajstić information content (AvgIpc) is 4.10. The number of nitrogens with one attached hydrogen (secondary N) is 4. The van der Waals surface area contributed by atoms with Crippen molar-refractivity contribution in [1.82, 2.24) is 26.2 Å². The fourth-order valence-electron chi connectivity index (χ4n) is 7.95. The molecule has 2 heterocycles. The standard InChI is InChI=1S/C43H55N5O7/c1-28(2)32-24-42(32,39(52)41(5)27-55-41)46-38(51)35(23-31-15-10-7-11-16-31)45-40(53)43(25-33(43)29(3)4)47-37(50)34(18-12-17-30-13-8-6-9-14-30)44-36(49)26-48-19-21-54-22-20-48/h6-11,13-16,28-29,32-35H,17,19-27H2,1-5H3,(H,44,49)(H,45,53)(H,46,51)(H,47,50)/t32-,33-,34?,35-,41+,42?,43?/m0/s1. The Kier molecular flexibility index (Phi) is 12.1. The molecule has 55 heavy (non-hydrogen) atoms. The molecule has 2 aromatic carbocycles. The molecule has 0 spiro atoms. The zero-order valence-corrected chi connectivity index (χ0v) is 32.6. The molecule has 4 amide bonds. The molecule has 2 saturated carbocycles. The van der Waals surface area contributed by atoms with Crippen LogP contribution in [0.1, 0.15) is 58.6 Å². The third-order valence-electron chi connectivity index (χ3n) is 11.5. The monoisotopic (exact) mass is 753 g/mol. The molecule has 4 aliphatic rings. The quantitative estimate of drug-likeness (QED) is 0.150. The second-order valence-electron chi connectivity index (χ2n) is 16.5. The van der Waals surface area contributed by atoms with Crippen molar-refractivity contribution in [2.24, 2.45) is 23.7 Å². The number of amides is 4. The van der Waals surface area contributed by atoms with Crippen molar-refractivity contribution in [2.45, 2.75) is 89.1 Å². The summed E-state index contributed by atoms with van der Waals surface area (Å²) in [4.78, 5) is 71.9. The molecule has 4 N–H and O–H groups in total. The zero-order chi connectivity index (χ0) is 39.4. The maximum absolute atomic E-state index is 14.5. The van der Waals surface area contributed by atoms with Crippen LogP contribution in [0.2, 0.25) is 0 Å². The highest BCUT2D eigenvalue weighted by Crippen LogP contribution is 2.53. The van der Waals surface area contributed by atoms with Crippen LogP contribution in [-0.4, -0.2) is 103 Å². The van der Waals surface area contributed by atoms with Gasteiger partial charge in [-0.1, -0.05) is 100 Å². The summed E-state index contributed by atoms with van der Waals surface area (Å²) in [6.07, 6.45) is 1.39. The fourth-order valence-corrected chi connectivity index (χ4v) is 7.95. The summed E-state index contributed by atoms with van der Waals surface area (Å²) in [6, 6.07) is 16.7. The highest BCUT2D eigenvalue weighted by molar-refractivity contribution is 6.05. The molecule has 6 rings (SSSR count). The van der Waals surface area contributed by atoms with Gasteiger partial charge in [-0.25, -0.2) is 0 Å². The SMILES string of the molecule is CC(C)[C@@H]1CC1(NC(=O)C(C#CCc1ccccc1)NC(=O)CN1CCOCC1)C(=O)N[C@@H](Cc1ccccc1)C(=O)NC1(C(=O)[C@@]2(C)CO2)C[C@H]1C(C)C. The molecule has 12 nitrogen and oxygen atoms in total. The van der Waals surface area contributed by atoms with E-state index in [1.165, 1.54) is 0 Å². The molecule has 0 aromatic heterocycles. The number of morpholine rings is 1. The number of rotatable bonds is 16. The van der Waals surface area contributed by atoms with E-state index in [9.17, 15) is 24.0 Å². The largest absolute Gasteiger partial charge is 0.379 e. The van der Waals surface area contributed by atoms with Gasteiger partial charge >= 0.3 is 0 Å². The number of benzene rings is 2. The lowest BCUT2D eigenvalue weighted by Crippen LogP contribution is -2.61.